The molecule has 4 rings (SSSR count). The molecule has 1 aliphatic heterocycles. The lowest BCUT2D eigenvalue weighted by molar-refractivity contribution is 0.0757. The fourth-order valence-corrected chi connectivity index (χ4v) is 5.40. The number of nitrogens with zero attached hydrogens (tertiary/aromatic N) is 4. The molecule has 1 fully saturated rings. The number of thiazole rings is 1. The van der Waals surface area contributed by atoms with Gasteiger partial charge < -0.3 is 14.5 Å². The molecule has 1 amide bonds. The van der Waals surface area contributed by atoms with Gasteiger partial charge in [-0.25, -0.2) is 18.5 Å². The number of ether oxygens (including phenoxy) is 1. The Labute approximate surface area is 216 Å². The second-order valence-corrected chi connectivity index (χ2v) is 11.7. The molecule has 1 saturated heterocycles. The lowest BCUT2D eigenvalue weighted by Crippen LogP contribution is -2.34. The van der Waals surface area contributed by atoms with Crippen molar-refractivity contribution in [3.8, 4) is 17.0 Å². The van der Waals surface area contributed by atoms with E-state index >= 15 is 0 Å². The predicted molar refractivity (Wildman–Crippen MR) is 140 cm³/mol. The average molecular weight is 530 g/mol. The summed E-state index contributed by atoms with van der Waals surface area (Å²) in [7, 11) is -1.77. The van der Waals surface area contributed by atoms with Gasteiger partial charge in [-0.05, 0) is 64.2 Å². The smallest absolute Gasteiger partial charge is 0.272 e. The van der Waals surface area contributed by atoms with Crippen LogP contribution in [0.4, 0.5) is 0 Å². The van der Waals surface area contributed by atoms with Gasteiger partial charge in [-0.15, -0.1) is 11.3 Å². The van der Waals surface area contributed by atoms with E-state index in [1.54, 1.807) is 18.3 Å². The molecular weight excluding hydrogens is 498 g/mol. The molecule has 3 aromatic rings. The number of pyridine rings is 1. The minimum atomic E-state index is -3.84. The van der Waals surface area contributed by atoms with Gasteiger partial charge in [0.2, 0.25) is 10.0 Å². The van der Waals surface area contributed by atoms with Crippen LogP contribution in [0.25, 0.3) is 11.3 Å². The van der Waals surface area contributed by atoms with Gasteiger partial charge in [-0.1, -0.05) is 0 Å². The lowest BCUT2D eigenvalue weighted by atomic mass is 10.1. The largest absolute Gasteiger partial charge is 0.491 e. The molecule has 0 unspecified atom stereocenters. The van der Waals surface area contributed by atoms with Crippen molar-refractivity contribution in [3.05, 3.63) is 58.2 Å². The van der Waals surface area contributed by atoms with Gasteiger partial charge in [0.15, 0.2) is 0 Å². The van der Waals surface area contributed by atoms with Crippen LogP contribution in [0.15, 0.2) is 46.8 Å². The van der Waals surface area contributed by atoms with E-state index < -0.39 is 10.0 Å². The Balaban J connectivity index is 1.51. The monoisotopic (exact) mass is 529 g/mol. The summed E-state index contributed by atoms with van der Waals surface area (Å²) < 4.78 is 29.6. The fourth-order valence-electron chi connectivity index (χ4n) is 4.01. The molecule has 192 valence electrons. The number of hydrogen-bond donors (Lipinski definition) is 1. The summed E-state index contributed by atoms with van der Waals surface area (Å²) in [6.45, 7) is 7.09. The molecular formula is C25H31N5O4S2. The molecule has 2 N–H and O–H groups in total. The van der Waals surface area contributed by atoms with Gasteiger partial charge in [0.25, 0.3) is 5.91 Å². The second-order valence-electron chi connectivity index (χ2n) is 9.17. The molecule has 0 bridgehead atoms. The molecule has 0 atom stereocenters. The summed E-state index contributed by atoms with van der Waals surface area (Å²) in [5.74, 6) is 0.543. The minimum Gasteiger partial charge on any atom is -0.491 e. The Kier molecular flexibility index (Phi) is 8.04. The molecule has 3 heterocycles. The first-order chi connectivity index (χ1) is 17.1. The molecule has 0 saturated carbocycles. The summed E-state index contributed by atoms with van der Waals surface area (Å²) in [5.41, 5.74) is 2.67. The zero-order valence-corrected chi connectivity index (χ0v) is 22.3. The van der Waals surface area contributed by atoms with E-state index in [1.165, 1.54) is 23.5 Å². The Morgan fingerprint density at radius 1 is 1.17 bits per heavy atom. The molecule has 11 heteroatoms. The third kappa shape index (κ3) is 6.47. The normalized spacial score (nSPS) is 15.2. The van der Waals surface area contributed by atoms with Crippen LogP contribution >= 0.6 is 11.3 Å². The molecule has 1 aliphatic rings. The van der Waals surface area contributed by atoms with Crippen LogP contribution in [0.2, 0.25) is 0 Å². The van der Waals surface area contributed by atoms with Crippen molar-refractivity contribution >= 4 is 27.3 Å². The van der Waals surface area contributed by atoms with Crippen molar-refractivity contribution in [2.75, 3.05) is 33.2 Å². The number of aromatic nitrogens is 2. The van der Waals surface area contributed by atoms with Crippen molar-refractivity contribution in [1.29, 1.82) is 0 Å². The first kappa shape index (κ1) is 26.2. The topological polar surface area (TPSA) is 119 Å². The number of primary sulfonamides is 1. The number of nitrogens with two attached hydrogens (primary N) is 1. The number of amides is 1. The van der Waals surface area contributed by atoms with Crippen molar-refractivity contribution in [2.24, 2.45) is 5.14 Å². The lowest BCUT2D eigenvalue weighted by Gasteiger charge is -2.20. The Morgan fingerprint density at radius 2 is 1.97 bits per heavy atom. The van der Waals surface area contributed by atoms with Crippen molar-refractivity contribution in [1.82, 2.24) is 19.8 Å². The number of benzene rings is 1. The number of likely N-dealkylation sites (N-methyl/N-ethyl adjacent to an activating group) is 1. The predicted octanol–water partition coefficient (Wildman–Crippen LogP) is 3.01. The second kappa shape index (κ2) is 11.0. The van der Waals surface area contributed by atoms with Gasteiger partial charge in [-0.2, -0.15) is 0 Å². The number of carbonyl (C=O) groups excluding carboxylic acids is 1. The van der Waals surface area contributed by atoms with Gasteiger partial charge >= 0.3 is 0 Å². The van der Waals surface area contributed by atoms with Crippen LogP contribution in [-0.4, -0.2) is 73.4 Å². The number of sulfonamides is 1. The van der Waals surface area contributed by atoms with E-state index in [1.807, 2.05) is 30.2 Å². The summed E-state index contributed by atoms with van der Waals surface area (Å²) in [6.07, 6.45) is 2.94. The summed E-state index contributed by atoms with van der Waals surface area (Å²) in [5, 5.41) is 8.04. The van der Waals surface area contributed by atoms with Crippen LogP contribution in [0.1, 0.15) is 41.3 Å². The van der Waals surface area contributed by atoms with E-state index in [0.717, 1.165) is 42.3 Å². The third-order valence-corrected chi connectivity index (χ3v) is 7.66. The van der Waals surface area contributed by atoms with Crippen LogP contribution in [0, 0.1) is 0 Å². The highest BCUT2D eigenvalue weighted by Gasteiger charge is 2.20. The Bertz CT molecular complexity index is 1320. The molecule has 0 radical (unpaired) electrons. The van der Waals surface area contributed by atoms with E-state index in [4.69, 9.17) is 14.9 Å². The van der Waals surface area contributed by atoms with Gasteiger partial charge in [0, 0.05) is 48.8 Å². The summed E-state index contributed by atoms with van der Waals surface area (Å²) in [6, 6.07) is 8.22. The molecule has 0 spiro atoms. The van der Waals surface area contributed by atoms with Crippen LogP contribution in [-0.2, 0) is 16.4 Å². The third-order valence-electron chi connectivity index (χ3n) is 5.90. The maximum atomic E-state index is 12.9. The molecule has 0 aliphatic carbocycles. The maximum absolute atomic E-state index is 12.9. The minimum absolute atomic E-state index is 0.0332. The average Bonchev–Trinajstić information content (AvgIpc) is 3.18. The number of carbonyl (C=O) groups is 1. The summed E-state index contributed by atoms with van der Waals surface area (Å²) >= 11 is 1.46. The molecule has 36 heavy (non-hydrogen) atoms. The highest BCUT2D eigenvalue weighted by molar-refractivity contribution is 7.89. The quantitative estimate of drug-likeness (QED) is 0.500. The highest BCUT2D eigenvalue weighted by atomic mass is 32.2. The van der Waals surface area contributed by atoms with E-state index in [0.29, 0.717) is 30.0 Å². The number of hydrogen-bond acceptors (Lipinski definition) is 8. The highest BCUT2D eigenvalue weighted by Crippen LogP contribution is 2.29. The van der Waals surface area contributed by atoms with Crippen molar-refractivity contribution < 1.29 is 17.9 Å². The standard InChI is InChI=1S/C25H31N5O4S2/c1-17(2)34-23-8-6-20(36(26,32)33)13-19(23)14-24-28-22(16-35-24)18-5-7-21(27-15-18)25(31)30-10-4-9-29(3)11-12-30/h5-8,13,15-17H,4,9-12,14H2,1-3H3,(H2,26,32,33). The first-order valence-electron chi connectivity index (χ1n) is 11.8. The van der Waals surface area contributed by atoms with Gasteiger partial charge in [-0.3, -0.25) is 9.78 Å². The molecule has 1 aromatic carbocycles. The fraction of sp³-hybridized carbons (Fsp3) is 0.400. The Morgan fingerprint density at radius 3 is 2.67 bits per heavy atom. The Hall–Kier alpha value is -2.86. The van der Waals surface area contributed by atoms with E-state index in [9.17, 15) is 13.2 Å². The SMILES string of the molecule is CC(C)Oc1ccc(S(N)(=O)=O)cc1Cc1nc(-c2ccc(C(=O)N3CCCN(C)CC3)nc2)cs1. The summed E-state index contributed by atoms with van der Waals surface area (Å²) in [4.78, 5) is 26.1. The zero-order valence-electron chi connectivity index (χ0n) is 20.7. The van der Waals surface area contributed by atoms with Gasteiger partial charge in [0.1, 0.15) is 11.4 Å². The van der Waals surface area contributed by atoms with Gasteiger partial charge in [0.05, 0.1) is 21.7 Å². The van der Waals surface area contributed by atoms with Crippen molar-refractivity contribution in [3.63, 3.8) is 0 Å². The zero-order chi connectivity index (χ0) is 25.9. The number of rotatable bonds is 7. The van der Waals surface area contributed by atoms with E-state index in [2.05, 4.69) is 16.9 Å². The molecule has 2 aromatic heterocycles. The van der Waals surface area contributed by atoms with E-state index in [-0.39, 0.29) is 16.9 Å². The molecule has 9 nitrogen and oxygen atoms in total. The van der Waals surface area contributed by atoms with Crippen LogP contribution in [0.5, 0.6) is 5.75 Å². The first-order valence-corrected chi connectivity index (χ1v) is 14.2. The van der Waals surface area contributed by atoms with Crippen molar-refractivity contribution in [2.45, 2.75) is 37.7 Å². The van der Waals surface area contributed by atoms with Crippen LogP contribution < -0.4 is 9.88 Å². The maximum Gasteiger partial charge on any atom is 0.272 e. The van der Waals surface area contributed by atoms with Crippen LogP contribution in [0.3, 0.4) is 0 Å².